The van der Waals surface area contributed by atoms with Crippen LogP contribution >= 0.6 is 0 Å². The monoisotopic (exact) mass is 286 g/mol. The minimum Gasteiger partial charge on any atom is -0.494 e. The second kappa shape index (κ2) is 8.05. The predicted molar refractivity (Wildman–Crippen MR) is 85.3 cm³/mol. The van der Waals surface area contributed by atoms with Gasteiger partial charge in [-0.3, -0.25) is 0 Å². The van der Waals surface area contributed by atoms with Gasteiger partial charge in [0.1, 0.15) is 5.75 Å². The van der Waals surface area contributed by atoms with Gasteiger partial charge in [0.05, 0.1) is 18.2 Å². The van der Waals surface area contributed by atoms with Crippen molar-refractivity contribution < 1.29 is 4.74 Å². The molecule has 2 unspecified atom stereocenters. The summed E-state index contributed by atoms with van der Waals surface area (Å²) in [4.78, 5) is 2.49. The lowest BCUT2D eigenvalue weighted by molar-refractivity contribution is 0.154. The Labute approximate surface area is 128 Å². The number of nitriles is 1. The van der Waals surface area contributed by atoms with Crippen molar-refractivity contribution in [2.24, 2.45) is 5.92 Å². The van der Waals surface area contributed by atoms with Crippen LogP contribution in [-0.2, 0) is 0 Å². The van der Waals surface area contributed by atoms with Gasteiger partial charge in [0.25, 0.3) is 0 Å². The molecule has 1 fully saturated rings. The third-order valence-corrected chi connectivity index (χ3v) is 4.42. The van der Waals surface area contributed by atoms with Crippen LogP contribution in [0.15, 0.2) is 24.3 Å². The van der Waals surface area contributed by atoms with Gasteiger partial charge in [0.2, 0.25) is 0 Å². The number of hydrogen-bond acceptors (Lipinski definition) is 3. The van der Waals surface area contributed by atoms with Crippen LogP contribution in [0.25, 0.3) is 0 Å². The largest absolute Gasteiger partial charge is 0.494 e. The van der Waals surface area contributed by atoms with E-state index in [1.54, 1.807) is 12.1 Å². The number of benzene rings is 1. The molecule has 0 spiro atoms. The molecule has 0 heterocycles. The van der Waals surface area contributed by atoms with Crippen molar-refractivity contribution in [1.29, 1.82) is 5.26 Å². The summed E-state index contributed by atoms with van der Waals surface area (Å²) in [5.74, 6) is 1.67. The molecule has 2 rings (SSSR count). The van der Waals surface area contributed by atoms with Crippen molar-refractivity contribution in [3.8, 4) is 11.8 Å². The number of ether oxygens (including phenoxy) is 1. The van der Waals surface area contributed by atoms with Gasteiger partial charge in [-0.2, -0.15) is 5.26 Å². The Morgan fingerprint density at radius 1 is 1.38 bits per heavy atom. The zero-order valence-corrected chi connectivity index (χ0v) is 13.2. The van der Waals surface area contributed by atoms with Crippen molar-refractivity contribution in [2.45, 2.75) is 45.1 Å². The summed E-state index contributed by atoms with van der Waals surface area (Å²) in [6.45, 7) is 4.15. The van der Waals surface area contributed by atoms with Gasteiger partial charge in [-0.25, -0.2) is 0 Å². The molecule has 21 heavy (non-hydrogen) atoms. The Hall–Kier alpha value is -1.53. The SMILES string of the molecule is CC1CCCC(N(C)CCCOc2cccc(C#N)c2)C1. The molecule has 0 aliphatic heterocycles. The lowest BCUT2D eigenvalue weighted by Gasteiger charge is -2.34. The molecule has 1 aromatic carbocycles. The fraction of sp³-hybridized carbons (Fsp3) is 0.611. The van der Waals surface area contributed by atoms with Crippen molar-refractivity contribution in [2.75, 3.05) is 20.2 Å². The first-order valence-electron chi connectivity index (χ1n) is 8.02. The lowest BCUT2D eigenvalue weighted by atomic mass is 9.86. The molecule has 0 bridgehead atoms. The van der Waals surface area contributed by atoms with Crippen LogP contribution in [0.1, 0.15) is 44.6 Å². The smallest absolute Gasteiger partial charge is 0.120 e. The molecule has 0 amide bonds. The molecule has 1 aliphatic carbocycles. The van der Waals surface area contributed by atoms with Crippen LogP contribution in [0.2, 0.25) is 0 Å². The normalized spacial score (nSPS) is 22.0. The second-order valence-corrected chi connectivity index (χ2v) is 6.25. The van der Waals surface area contributed by atoms with Crippen LogP contribution in [0.5, 0.6) is 5.75 Å². The molecular weight excluding hydrogens is 260 g/mol. The summed E-state index contributed by atoms with van der Waals surface area (Å²) in [5.41, 5.74) is 0.654. The van der Waals surface area contributed by atoms with Crippen LogP contribution < -0.4 is 4.74 Å². The molecule has 3 nitrogen and oxygen atoms in total. The molecule has 1 saturated carbocycles. The average Bonchev–Trinajstić information content (AvgIpc) is 2.51. The molecule has 0 N–H and O–H groups in total. The van der Waals surface area contributed by atoms with Gasteiger partial charge >= 0.3 is 0 Å². The van der Waals surface area contributed by atoms with Crippen molar-refractivity contribution in [3.63, 3.8) is 0 Å². The Balaban J connectivity index is 1.68. The quantitative estimate of drug-likeness (QED) is 0.746. The highest BCUT2D eigenvalue weighted by molar-refractivity contribution is 5.36. The number of rotatable bonds is 6. The zero-order valence-electron chi connectivity index (χ0n) is 13.2. The van der Waals surface area contributed by atoms with E-state index in [2.05, 4.69) is 24.9 Å². The lowest BCUT2D eigenvalue weighted by Crippen LogP contribution is -2.36. The zero-order chi connectivity index (χ0) is 15.1. The first-order chi connectivity index (χ1) is 10.2. The molecule has 3 heteroatoms. The van der Waals surface area contributed by atoms with Crippen molar-refractivity contribution >= 4 is 0 Å². The Morgan fingerprint density at radius 3 is 3.00 bits per heavy atom. The third kappa shape index (κ3) is 5.06. The maximum absolute atomic E-state index is 8.86. The molecule has 0 radical (unpaired) electrons. The minimum atomic E-state index is 0.654. The van der Waals surface area contributed by atoms with Gasteiger partial charge in [-0.15, -0.1) is 0 Å². The van der Waals surface area contributed by atoms with Gasteiger partial charge in [-0.1, -0.05) is 25.8 Å². The van der Waals surface area contributed by atoms with Crippen LogP contribution in [0.4, 0.5) is 0 Å². The second-order valence-electron chi connectivity index (χ2n) is 6.25. The van der Waals surface area contributed by atoms with Crippen LogP contribution in [-0.4, -0.2) is 31.1 Å². The first-order valence-corrected chi connectivity index (χ1v) is 8.02. The molecule has 2 atom stereocenters. The summed E-state index contributed by atoms with van der Waals surface area (Å²) in [6.07, 6.45) is 6.46. The highest BCUT2D eigenvalue weighted by atomic mass is 16.5. The van der Waals surface area contributed by atoms with E-state index in [0.717, 1.165) is 30.7 Å². The first kappa shape index (κ1) is 15.9. The average molecular weight is 286 g/mol. The fourth-order valence-electron chi connectivity index (χ4n) is 3.14. The van der Waals surface area contributed by atoms with E-state index in [1.165, 1.54) is 25.7 Å². The van der Waals surface area contributed by atoms with Crippen molar-refractivity contribution in [1.82, 2.24) is 4.90 Å². The molecular formula is C18H26N2O. The summed E-state index contributed by atoms with van der Waals surface area (Å²) < 4.78 is 5.73. The van der Waals surface area contributed by atoms with E-state index in [0.29, 0.717) is 12.2 Å². The van der Waals surface area contributed by atoms with Crippen molar-refractivity contribution in [3.05, 3.63) is 29.8 Å². The van der Waals surface area contributed by atoms with E-state index >= 15 is 0 Å². The van der Waals surface area contributed by atoms with E-state index < -0.39 is 0 Å². The standard InChI is InChI=1S/C18H26N2O/c1-15-6-3-8-17(12-15)20(2)10-5-11-21-18-9-4-7-16(13-18)14-19/h4,7,9,13,15,17H,3,5-6,8,10-12H2,1-2H3. The van der Waals surface area contributed by atoms with Gasteiger partial charge < -0.3 is 9.64 Å². The van der Waals surface area contributed by atoms with E-state index in [-0.39, 0.29) is 0 Å². The molecule has 1 aliphatic rings. The maximum Gasteiger partial charge on any atom is 0.120 e. The topological polar surface area (TPSA) is 36.3 Å². The van der Waals surface area contributed by atoms with E-state index in [9.17, 15) is 0 Å². The third-order valence-electron chi connectivity index (χ3n) is 4.42. The molecule has 114 valence electrons. The summed E-state index contributed by atoms with van der Waals surface area (Å²) in [7, 11) is 2.24. The number of hydrogen-bond donors (Lipinski definition) is 0. The Morgan fingerprint density at radius 2 is 2.24 bits per heavy atom. The number of nitrogens with zero attached hydrogens (tertiary/aromatic N) is 2. The maximum atomic E-state index is 8.86. The molecule has 0 saturated heterocycles. The molecule has 1 aromatic rings. The van der Waals surface area contributed by atoms with E-state index in [1.807, 2.05) is 12.1 Å². The van der Waals surface area contributed by atoms with Gasteiger partial charge in [-0.05, 0) is 50.4 Å². The summed E-state index contributed by atoms with van der Waals surface area (Å²) >= 11 is 0. The highest BCUT2D eigenvalue weighted by Crippen LogP contribution is 2.26. The van der Waals surface area contributed by atoms with Gasteiger partial charge in [0.15, 0.2) is 0 Å². The van der Waals surface area contributed by atoms with E-state index in [4.69, 9.17) is 10.00 Å². The van der Waals surface area contributed by atoms with Gasteiger partial charge in [0, 0.05) is 12.6 Å². The van der Waals surface area contributed by atoms with Crippen LogP contribution in [0.3, 0.4) is 0 Å². The predicted octanol–water partition coefficient (Wildman–Crippen LogP) is 3.84. The summed E-state index contributed by atoms with van der Waals surface area (Å²) in [6, 6.07) is 10.3. The van der Waals surface area contributed by atoms with Crippen LogP contribution in [0, 0.1) is 17.2 Å². The minimum absolute atomic E-state index is 0.654. The fourth-order valence-corrected chi connectivity index (χ4v) is 3.14. The molecule has 0 aromatic heterocycles. The highest BCUT2D eigenvalue weighted by Gasteiger charge is 2.21. The Bertz CT molecular complexity index is 480. The Kier molecular flexibility index (Phi) is 6.07. The summed E-state index contributed by atoms with van der Waals surface area (Å²) in [5, 5.41) is 8.86.